The first kappa shape index (κ1) is 13.9. The fourth-order valence-electron chi connectivity index (χ4n) is 1.55. The predicted octanol–water partition coefficient (Wildman–Crippen LogP) is 4.47. The van der Waals surface area contributed by atoms with Gasteiger partial charge in [-0.3, -0.25) is 0 Å². The Morgan fingerprint density at radius 1 is 1.26 bits per heavy atom. The topological polar surface area (TPSA) is 37.3 Å². The number of carboxylic acid groups (broad SMARTS) is 1. The molecule has 0 unspecified atom stereocenters. The highest BCUT2D eigenvalue weighted by molar-refractivity contribution is 7.98. The van der Waals surface area contributed by atoms with Crippen molar-refractivity contribution in [2.75, 3.05) is 0 Å². The van der Waals surface area contributed by atoms with Gasteiger partial charge in [0.05, 0.1) is 5.56 Å². The van der Waals surface area contributed by atoms with Gasteiger partial charge in [-0.25, -0.2) is 9.18 Å². The van der Waals surface area contributed by atoms with Crippen molar-refractivity contribution in [2.45, 2.75) is 10.6 Å². The molecule has 0 fully saturated rings. The van der Waals surface area contributed by atoms with Gasteiger partial charge in [0.1, 0.15) is 5.82 Å². The number of thioether (sulfide) groups is 1. The molecule has 5 heteroatoms. The largest absolute Gasteiger partial charge is 0.478 e. The molecule has 98 valence electrons. The number of rotatable bonds is 4. The molecule has 0 radical (unpaired) electrons. The van der Waals surface area contributed by atoms with Gasteiger partial charge in [0.15, 0.2) is 0 Å². The highest BCUT2D eigenvalue weighted by Gasteiger charge is 2.10. The lowest BCUT2D eigenvalue weighted by atomic mass is 10.1. The fourth-order valence-corrected chi connectivity index (χ4v) is 2.70. The molecular weight excluding hydrogens is 287 g/mol. The van der Waals surface area contributed by atoms with Crippen molar-refractivity contribution in [1.82, 2.24) is 0 Å². The minimum atomic E-state index is -1.26. The van der Waals surface area contributed by atoms with Crippen molar-refractivity contribution in [2.24, 2.45) is 0 Å². The van der Waals surface area contributed by atoms with E-state index in [1.54, 1.807) is 12.1 Å². The summed E-state index contributed by atoms with van der Waals surface area (Å²) in [5.74, 6) is -1.42. The fraction of sp³-hybridized carbons (Fsp3) is 0.0714. The third kappa shape index (κ3) is 3.72. The van der Waals surface area contributed by atoms with Crippen molar-refractivity contribution in [3.8, 4) is 0 Å². The predicted molar refractivity (Wildman–Crippen MR) is 74.4 cm³/mol. The van der Waals surface area contributed by atoms with E-state index in [9.17, 15) is 9.18 Å². The molecule has 0 heterocycles. The highest BCUT2D eigenvalue weighted by Crippen LogP contribution is 2.25. The number of carboxylic acids is 1. The van der Waals surface area contributed by atoms with Crippen molar-refractivity contribution in [3.63, 3.8) is 0 Å². The molecule has 2 rings (SSSR count). The molecule has 0 aliphatic rings. The zero-order valence-electron chi connectivity index (χ0n) is 9.77. The first-order chi connectivity index (χ1) is 9.06. The molecule has 1 N–H and O–H groups in total. The van der Waals surface area contributed by atoms with Gasteiger partial charge in [-0.1, -0.05) is 23.7 Å². The van der Waals surface area contributed by atoms with Crippen LogP contribution in [0.1, 0.15) is 15.9 Å². The summed E-state index contributed by atoms with van der Waals surface area (Å²) in [4.78, 5) is 11.8. The van der Waals surface area contributed by atoms with Crippen LogP contribution in [0.4, 0.5) is 4.39 Å². The van der Waals surface area contributed by atoms with E-state index in [-0.39, 0.29) is 5.56 Å². The number of aromatic carboxylic acids is 1. The van der Waals surface area contributed by atoms with Crippen LogP contribution < -0.4 is 0 Å². The van der Waals surface area contributed by atoms with Crippen LogP contribution >= 0.6 is 23.4 Å². The average Bonchev–Trinajstić information content (AvgIpc) is 2.37. The molecule has 0 aliphatic carbocycles. The minimum absolute atomic E-state index is 0.302. The molecule has 2 aromatic rings. The number of hydrogen-bond acceptors (Lipinski definition) is 2. The molecular formula is C14H10ClFO2S. The Hall–Kier alpha value is -1.52. The average molecular weight is 297 g/mol. The van der Waals surface area contributed by atoms with Gasteiger partial charge in [0, 0.05) is 15.7 Å². The lowest BCUT2D eigenvalue weighted by Crippen LogP contribution is -2.01. The van der Waals surface area contributed by atoms with Gasteiger partial charge >= 0.3 is 5.97 Å². The summed E-state index contributed by atoms with van der Waals surface area (Å²) < 4.78 is 13.2. The number of benzene rings is 2. The summed E-state index contributed by atoms with van der Waals surface area (Å²) in [5.41, 5.74) is 0.452. The van der Waals surface area contributed by atoms with E-state index in [2.05, 4.69) is 0 Å². The Bertz CT molecular complexity index is 616. The van der Waals surface area contributed by atoms with Crippen LogP contribution in [0.5, 0.6) is 0 Å². The second-order valence-corrected chi connectivity index (χ2v) is 5.35. The molecule has 0 aliphatic heterocycles. The second-order valence-electron chi connectivity index (χ2n) is 3.87. The maximum atomic E-state index is 13.2. The molecule has 0 atom stereocenters. The lowest BCUT2D eigenvalue weighted by molar-refractivity contribution is 0.0692. The summed E-state index contributed by atoms with van der Waals surface area (Å²) in [6, 6.07) is 11.5. The van der Waals surface area contributed by atoms with Gasteiger partial charge < -0.3 is 5.11 Å². The summed E-state index contributed by atoms with van der Waals surface area (Å²) in [5, 5.41) is 9.50. The zero-order valence-corrected chi connectivity index (χ0v) is 11.3. The van der Waals surface area contributed by atoms with Gasteiger partial charge in [0.2, 0.25) is 0 Å². The van der Waals surface area contributed by atoms with E-state index in [1.165, 1.54) is 23.9 Å². The van der Waals surface area contributed by atoms with Gasteiger partial charge in [-0.05, 0) is 35.9 Å². The van der Waals surface area contributed by atoms with Crippen LogP contribution in [0.25, 0.3) is 0 Å². The summed E-state index contributed by atoms with van der Waals surface area (Å²) in [7, 11) is 0. The molecule has 0 aromatic heterocycles. The summed E-state index contributed by atoms with van der Waals surface area (Å²) in [6.45, 7) is 0. The molecule has 0 saturated carbocycles. The third-order valence-corrected chi connectivity index (χ3v) is 3.76. The Kier molecular flexibility index (Phi) is 4.45. The third-order valence-electron chi connectivity index (χ3n) is 2.46. The molecule has 0 amide bonds. The molecule has 0 saturated heterocycles. The normalized spacial score (nSPS) is 10.4. The first-order valence-corrected chi connectivity index (χ1v) is 6.83. The van der Waals surface area contributed by atoms with Gasteiger partial charge in [-0.15, -0.1) is 11.8 Å². The second kappa shape index (κ2) is 6.08. The maximum absolute atomic E-state index is 13.2. The Morgan fingerprint density at radius 2 is 2.05 bits per heavy atom. The van der Waals surface area contributed by atoms with Crippen molar-refractivity contribution in [1.29, 1.82) is 0 Å². The molecule has 0 bridgehead atoms. The van der Waals surface area contributed by atoms with Crippen LogP contribution in [0.2, 0.25) is 5.02 Å². The minimum Gasteiger partial charge on any atom is -0.478 e. The molecule has 19 heavy (non-hydrogen) atoms. The van der Waals surface area contributed by atoms with Crippen LogP contribution in [0.15, 0.2) is 47.4 Å². The zero-order chi connectivity index (χ0) is 13.8. The molecule has 2 nitrogen and oxygen atoms in total. The van der Waals surface area contributed by atoms with E-state index in [4.69, 9.17) is 16.7 Å². The Balaban J connectivity index is 2.12. The Morgan fingerprint density at radius 3 is 2.74 bits per heavy atom. The number of halogens is 2. The van der Waals surface area contributed by atoms with Crippen molar-refractivity contribution in [3.05, 3.63) is 64.4 Å². The van der Waals surface area contributed by atoms with Crippen LogP contribution in [0, 0.1) is 5.82 Å². The number of carbonyl (C=O) groups is 1. The van der Waals surface area contributed by atoms with Crippen molar-refractivity contribution < 1.29 is 14.3 Å². The number of hydrogen-bond donors (Lipinski definition) is 1. The monoisotopic (exact) mass is 296 g/mol. The molecule has 2 aromatic carbocycles. The van der Waals surface area contributed by atoms with Gasteiger partial charge in [0.25, 0.3) is 0 Å². The van der Waals surface area contributed by atoms with E-state index < -0.39 is 11.8 Å². The Labute approximate surface area is 119 Å². The SMILES string of the molecule is O=C(O)c1cc(CSc2cccc(Cl)c2)ccc1F. The molecule has 0 spiro atoms. The first-order valence-electron chi connectivity index (χ1n) is 5.46. The standard InChI is InChI=1S/C14H10ClFO2S/c15-10-2-1-3-11(7-10)19-8-9-4-5-13(16)12(6-9)14(17)18/h1-7H,8H2,(H,17,18). The van der Waals surface area contributed by atoms with Crippen LogP contribution in [0.3, 0.4) is 0 Å². The maximum Gasteiger partial charge on any atom is 0.338 e. The summed E-state index contributed by atoms with van der Waals surface area (Å²) >= 11 is 7.39. The van der Waals surface area contributed by atoms with Gasteiger partial charge in [-0.2, -0.15) is 0 Å². The van der Waals surface area contributed by atoms with E-state index >= 15 is 0 Å². The van der Waals surface area contributed by atoms with Crippen LogP contribution in [-0.4, -0.2) is 11.1 Å². The van der Waals surface area contributed by atoms with E-state index in [0.29, 0.717) is 10.8 Å². The van der Waals surface area contributed by atoms with Crippen molar-refractivity contribution >= 4 is 29.3 Å². The quantitative estimate of drug-likeness (QED) is 0.846. The van der Waals surface area contributed by atoms with E-state index in [1.807, 2.05) is 18.2 Å². The van der Waals surface area contributed by atoms with Crippen LogP contribution in [-0.2, 0) is 5.75 Å². The summed E-state index contributed by atoms with van der Waals surface area (Å²) in [6.07, 6.45) is 0. The smallest absolute Gasteiger partial charge is 0.338 e. The van der Waals surface area contributed by atoms with E-state index in [0.717, 1.165) is 10.5 Å². The highest BCUT2D eigenvalue weighted by atomic mass is 35.5. The lowest BCUT2D eigenvalue weighted by Gasteiger charge is -2.04.